The van der Waals surface area contributed by atoms with Crippen LogP contribution in [0.5, 0.6) is 28.9 Å². The van der Waals surface area contributed by atoms with E-state index in [4.69, 9.17) is 25.1 Å². The number of ether oxygens (including phenoxy) is 3. The fourth-order valence-electron chi connectivity index (χ4n) is 4.27. The maximum Gasteiger partial charge on any atom is 0.321 e. The predicted octanol–water partition coefficient (Wildman–Crippen LogP) is 5.59. The first-order valence-corrected chi connectivity index (χ1v) is 14.6. The van der Waals surface area contributed by atoms with E-state index >= 15 is 8.78 Å². The molecule has 13 heteroatoms. The molecule has 0 fully saturated rings. The van der Waals surface area contributed by atoms with Crippen LogP contribution in [-0.4, -0.2) is 58.7 Å². The highest BCUT2D eigenvalue weighted by Gasteiger charge is 2.25. The second-order valence-electron chi connectivity index (χ2n) is 9.85. The normalized spacial score (nSPS) is 13.1. The molecule has 0 spiro atoms. The third-order valence-corrected chi connectivity index (χ3v) is 7.74. The predicted molar refractivity (Wildman–Crippen MR) is 163 cm³/mol. The monoisotopic (exact) mass is 631 g/mol. The van der Waals surface area contributed by atoms with Gasteiger partial charge in [-0.2, -0.15) is 9.65 Å². The molecule has 0 saturated carbocycles. The van der Waals surface area contributed by atoms with Crippen LogP contribution < -0.4 is 19.9 Å². The summed E-state index contributed by atoms with van der Waals surface area (Å²) in [5.74, 6) is -3.83. The van der Waals surface area contributed by atoms with Gasteiger partial charge in [0.05, 0.1) is 29.9 Å². The molecule has 45 heavy (non-hydrogen) atoms. The van der Waals surface area contributed by atoms with E-state index in [1.165, 1.54) is 36.0 Å². The summed E-state index contributed by atoms with van der Waals surface area (Å²) in [5, 5.41) is 18.5. The van der Waals surface area contributed by atoms with Gasteiger partial charge in [0.15, 0.2) is 17.3 Å². The van der Waals surface area contributed by atoms with Crippen molar-refractivity contribution in [1.82, 2.24) is 9.88 Å². The highest BCUT2D eigenvalue weighted by atomic mass is 32.2. The van der Waals surface area contributed by atoms with Crippen LogP contribution in [0.15, 0.2) is 82.8 Å². The zero-order chi connectivity index (χ0) is 31.9. The van der Waals surface area contributed by atoms with Crippen LogP contribution in [-0.2, 0) is 11.4 Å². The third kappa shape index (κ3) is 7.49. The van der Waals surface area contributed by atoms with Crippen molar-refractivity contribution < 1.29 is 32.9 Å². The summed E-state index contributed by atoms with van der Waals surface area (Å²) in [7, 11) is 1.82. The summed E-state index contributed by atoms with van der Waals surface area (Å²) in [6.45, 7) is 1.32. The van der Waals surface area contributed by atoms with Gasteiger partial charge in [0, 0.05) is 30.3 Å². The molecule has 0 saturated heterocycles. The summed E-state index contributed by atoms with van der Waals surface area (Å²) in [4.78, 5) is 22.0. The maximum atomic E-state index is 15.8. The van der Waals surface area contributed by atoms with Gasteiger partial charge in [-0.1, -0.05) is 30.3 Å². The number of hydrogen-bond donors (Lipinski definition) is 2. The second-order valence-corrected chi connectivity index (χ2v) is 10.9. The van der Waals surface area contributed by atoms with Crippen LogP contribution in [0.4, 0.5) is 8.78 Å². The summed E-state index contributed by atoms with van der Waals surface area (Å²) in [6.07, 6.45) is 0.767. The number of aliphatic carboxylic acids is 1. The summed E-state index contributed by atoms with van der Waals surface area (Å²) >= 11 is 1.21. The smallest absolute Gasteiger partial charge is 0.321 e. The van der Waals surface area contributed by atoms with Gasteiger partial charge >= 0.3 is 5.97 Å². The van der Waals surface area contributed by atoms with Crippen molar-refractivity contribution >= 4 is 23.6 Å². The van der Waals surface area contributed by atoms with Crippen LogP contribution in [0.1, 0.15) is 16.7 Å². The molecule has 1 aromatic heterocycles. The number of nitrogens with two attached hydrogens (primary N) is 1. The van der Waals surface area contributed by atoms with Gasteiger partial charge in [0.25, 0.3) is 5.88 Å². The Kier molecular flexibility index (Phi) is 9.76. The molecule has 1 aliphatic heterocycles. The van der Waals surface area contributed by atoms with E-state index in [9.17, 15) is 10.1 Å². The van der Waals surface area contributed by atoms with Crippen LogP contribution in [0.2, 0.25) is 0 Å². The standard InChI is InChI=1S/C32H27F2N5O5S/c1-39-12-11-37-30(39)22-14-21(45-18-24(36)32(40)41)8-10-25(22)43-29-23(33)16-38-31(28(29)34)44-27-13-20(15-35)7-9-26(27)42-17-19-5-3-2-4-6-19/h2-10,13-14,16,24H,11-12,17-18,36H2,1H3,(H,40,41). The van der Waals surface area contributed by atoms with Crippen LogP contribution in [0.3, 0.4) is 0 Å². The SMILES string of the molecule is CN1CCN=C1c1cc(SCC(N)C(=O)O)ccc1Oc1c(F)cnc(Oc2cc(C#N)ccc2OCc2ccccc2)c1F. The summed E-state index contributed by atoms with van der Waals surface area (Å²) < 4.78 is 48.3. The molecule has 230 valence electrons. The van der Waals surface area contributed by atoms with E-state index in [1.54, 1.807) is 12.1 Å². The van der Waals surface area contributed by atoms with E-state index in [-0.39, 0.29) is 35.2 Å². The molecular formula is C32H27F2N5O5S. The van der Waals surface area contributed by atoms with Crippen LogP contribution >= 0.6 is 11.8 Å². The number of hydrogen-bond acceptors (Lipinski definition) is 10. The van der Waals surface area contributed by atoms with Crippen LogP contribution in [0, 0.1) is 23.0 Å². The number of carboxylic acid groups (broad SMARTS) is 1. The molecule has 5 rings (SSSR count). The number of likely N-dealkylation sites (N-methyl/N-ethyl adjacent to an activating group) is 1. The number of thioether (sulfide) groups is 1. The first kappa shape index (κ1) is 31.2. The van der Waals surface area contributed by atoms with Crippen molar-refractivity contribution in [3.63, 3.8) is 0 Å². The van der Waals surface area contributed by atoms with E-state index in [2.05, 4.69) is 9.98 Å². The average Bonchev–Trinajstić information content (AvgIpc) is 3.48. The van der Waals surface area contributed by atoms with E-state index < -0.39 is 35.3 Å². The third-order valence-electron chi connectivity index (χ3n) is 6.63. The number of nitrogens with zero attached hydrogens (tertiary/aromatic N) is 4. The Morgan fingerprint density at radius 2 is 1.89 bits per heavy atom. The lowest BCUT2D eigenvalue weighted by molar-refractivity contribution is -0.137. The molecule has 3 N–H and O–H groups in total. The van der Waals surface area contributed by atoms with Crippen molar-refractivity contribution in [1.29, 1.82) is 5.26 Å². The minimum atomic E-state index is -1.22. The second kappa shape index (κ2) is 14.1. The van der Waals surface area contributed by atoms with Crippen molar-refractivity contribution in [2.75, 3.05) is 25.9 Å². The molecule has 4 aromatic rings. The van der Waals surface area contributed by atoms with Gasteiger partial charge in [0.2, 0.25) is 11.6 Å². The van der Waals surface area contributed by atoms with E-state index in [0.29, 0.717) is 29.4 Å². The number of aromatic nitrogens is 1. The lowest BCUT2D eigenvalue weighted by Crippen LogP contribution is -2.32. The first-order chi connectivity index (χ1) is 21.7. The molecule has 0 radical (unpaired) electrons. The largest absolute Gasteiger partial charge is 0.485 e. The number of pyridine rings is 1. The van der Waals surface area contributed by atoms with Gasteiger partial charge in [-0.3, -0.25) is 9.79 Å². The molecule has 0 aliphatic carbocycles. The Morgan fingerprint density at radius 1 is 1.11 bits per heavy atom. The quantitative estimate of drug-likeness (QED) is 0.190. The Labute approximate surface area is 261 Å². The Hall–Kier alpha value is -5.19. The summed E-state index contributed by atoms with van der Waals surface area (Å²) in [5.41, 5.74) is 7.19. The van der Waals surface area contributed by atoms with Crippen LogP contribution in [0.25, 0.3) is 0 Å². The van der Waals surface area contributed by atoms with E-state index in [1.807, 2.05) is 48.3 Å². The Bertz CT molecular complexity index is 1780. The number of carbonyl (C=O) groups is 1. The zero-order valence-corrected chi connectivity index (χ0v) is 24.8. The maximum absolute atomic E-state index is 15.8. The molecule has 1 atom stereocenters. The van der Waals surface area contributed by atoms with Crippen molar-refractivity contribution in [3.8, 4) is 34.9 Å². The number of halogens is 2. The number of nitriles is 1. The summed E-state index contributed by atoms with van der Waals surface area (Å²) in [6, 6.07) is 19.5. The number of carboxylic acids is 1. The lowest BCUT2D eigenvalue weighted by Gasteiger charge is -2.19. The molecule has 0 amide bonds. The molecule has 0 bridgehead atoms. The Balaban J connectivity index is 1.45. The number of benzene rings is 3. The minimum Gasteiger partial charge on any atom is -0.485 e. The highest BCUT2D eigenvalue weighted by Crippen LogP contribution is 2.39. The highest BCUT2D eigenvalue weighted by molar-refractivity contribution is 7.99. The average molecular weight is 632 g/mol. The lowest BCUT2D eigenvalue weighted by atomic mass is 10.1. The molecule has 10 nitrogen and oxygen atoms in total. The van der Waals surface area contributed by atoms with Gasteiger partial charge in [0.1, 0.15) is 24.2 Å². The van der Waals surface area contributed by atoms with Crippen molar-refractivity contribution in [2.45, 2.75) is 17.5 Å². The van der Waals surface area contributed by atoms with Gasteiger partial charge < -0.3 is 30.0 Å². The van der Waals surface area contributed by atoms with Gasteiger partial charge in [-0.25, -0.2) is 9.37 Å². The topological polar surface area (TPSA) is 143 Å². The van der Waals surface area contributed by atoms with Gasteiger partial charge in [-0.05, 0) is 35.9 Å². The molecular weight excluding hydrogens is 604 g/mol. The first-order valence-electron chi connectivity index (χ1n) is 13.6. The molecule has 1 unspecified atom stereocenters. The zero-order valence-electron chi connectivity index (χ0n) is 23.9. The molecule has 2 heterocycles. The number of aliphatic imine (C=N–C) groups is 1. The van der Waals surface area contributed by atoms with Crippen molar-refractivity contribution in [3.05, 3.63) is 101 Å². The van der Waals surface area contributed by atoms with E-state index in [0.717, 1.165) is 11.8 Å². The molecule has 3 aromatic carbocycles. The Morgan fingerprint density at radius 3 is 2.60 bits per heavy atom. The van der Waals surface area contributed by atoms with Crippen molar-refractivity contribution in [2.24, 2.45) is 10.7 Å². The molecule has 1 aliphatic rings. The number of rotatable bonds is 12. The number of amidine groups is 1. The fraction of sp³-hybridized carbons (Fsp3) is 0.188. The van der Waals surface area contributed by atoms with Gasteiger partial charge in [-0.15, -0.1) is 11.8 Å². The fourth-order valence-corrected chi connectivity index (χ4v) is 5.15. The minimum absolute atomic E-state index is 0.00230.